The Bertz CT molecular complexity index is 393. The molecule has 0 spiro atoms. The molecule has 1 aromatic carbocycles. The van der Waals surface area contributed by atoms with Gasteiger partial charge in [0.15, 0.2) is 6.29 Å². The highest BCUT2D eigenvalue weighted by Gasteiger charge is 2.07. The molecular weight excluding hydrogens is 220 g/mol. The van der Waals surface area contributed by atoms with Gasteiger partial charge in [-0.3, -0.25) is 4.79 Å². The molecule has 0 aromatic heterocycles. The first kappa shape index (κ1) is 12.8. The third-order valence-electron chi connectivity index (χ3n) is 2.08. The van der Waals surface area contributed by atoms with Gasteiger partial charge in [0.1, 0.15) is 5.75 Å². The molecule has 0 atom stereocenters. The summed E-state index contributed by atoms with van der Waals surface area (Å²) in [5.74, 6) is 1.61. The first-order valence-electron chi connectivity index (χ1n) is 5.07. The molecule has 0 unspecified atom stereocenters. The molecule has 0 aliphatic rings. The Morgan fingerprint density at radius 3 is 2.75 bits per heavy atom. The highest BCUT2D eigenvalue weighted by molar-refractivity contribution is 7.99. The van der Waals surface area contributed by atoms with E-state index in [4.69, 9.17) is 4.74 Å². The standard InChI is InChI=1S/C13H16O2S/c1-10(2)7-8-16-13-11(9-14)5-4-6-12(13)15-3/h4-7,9H,8H2,1-3H3. The second-order valence-electron chi connectivity index (χ2n) is 3.59. The molecule has 1 aromatic rings. The number of carbonyl (C=O) groups is 1. The van der Waals surface area contributed by atoms with E-state index in [1.807, 2.05) is 12.1 Å². The Hall–Kier alpha value is -1.22. The molecule has 16 heavy (non-hydrogen) atoms. The van der Waals surface area contributed by atoms with Crippen molar-refractivity contribution in [3.8, 4) is 5.75 Å². The van der Waals surface area contributed by atoms with Gasteiger partial charge in [-0.1, -0.05) is 23.8 Å². The van der Waals surface area contributed by atoms with Crippen LogP contribution in [0.4, 0.5) is 0 Å². The summed E-state index contributed by atoms with van der Waals surface area (Å²) in [5.41, 5.74) is 1.96. The summed E-state index contributed by atoms with van der Waals surface area (Å²) in [5, 5.41) is 0. The summed E-state index contributed by atoms with van der Waals surface area (Å²) in [6.45, 7) is 4.12. The lowest BCUT2D eigenvalue weighted by molar-refractivity contribution is 0.112. The minimum atomic E-state index is 0.687. The first-order valence-corrected chi connectivity index (χ1v) is 6.06. The number of rotatable bonds is 5. The van der Waals surface area contributed by atoms with Crippen molar-refractivity contribution in [1.29, 1.82) is 0 Å². The van der Waals surface area contributed by atoms with Crippen LogP contribution in [-0.4, -0.2) is 19.1 Å². The van der Waals surface area contributed by atoms with E-state index in [-0.39, 0.29) is 0 Å². The van der Waals surface area contributed by atoms with Crippen LogP contribution in [-0.2, 0) is 0 Å². The van der Waals surface area contributed by atoms with Crippen LogP contribution in [0.1, 0.15) is 24.2 Å². The zero-order valence-electron chi connectivity index (χ0n) is 9.82. The van der Waals surface area contributed by atoms with Crippen LogP contribution in [0.25, 0.3) is 0 Å². The van der Waals surface area contributed by atoms with Crippen molar-refractivity contribution in [1.82, 2.24) is 0 Å². The van der Waals surface area contributed by atoms with Crippen molar-refractivity contribution in [2.75, 3.05) is 12.9 Å². The number of hydrogen-bond acceptors (Lipinski definition) is 3. The van der Waals surface area contributed by atoms with E-state index in [0.29, 0.717) is 5.56 Å². The number of ether oxygens (including phenoxy) is 1. The van der Waals surface area contributed by atoms with Crippen LogP contribution in [0, 0.1) is 0 Å². The Morgan fingerprint density at radius 1 is 1.44 bits per heavy atom. The van der Waals surface area contributed by atoms with E-state index in [1.54, 1.807) is 24.9 Å². The van der Waals surface area contributed by atoms with Crippen molar-refractivity contribution in [3.05, 3.63) is 35.4 Å². The second kappa shape index (κ2) is 6.38. The molecular formula is C13H16O2S. The third kappa shape index (κ3) is 3.42. The topological polar surface area (TPSA) is 26.3 Å². The summed E-state index contributed by atoms with van der Waals surface area (Å²) in [4.78, 5) is 11.8. The van der Waals surface area contributed by atoms with Crippen molar-refractivity contribution in [3.63, 3.8) is 0 Å². The molecule has 0 aliphatic heterocycles. The van der Waals surface area contributed by atoms with E-state index < -0.39 is 0 Å². The van der Waals surface area contributed by atoms with E-state index in [0.717, 1.165) is 22.7 Å². The normalized spacial score (nSPS) is 9.69. The lowest BCUT2D eigenvalue weighted by atomic mass is 10.2. The smallest absolute Gasteiger partial charge is 0.151 e. The van der Waals surface area contributed by atoms with Crippen molar-refractivity contribution in [2.24, 2.45) is 0 Å². The molecule has 2 nitrogen and oxygen atoms in total. The van der Waals surface area contributed by atoms with Crippen LogP contribution >= 0.6 is 11.8 Å². The minimum absolute atomic E-state index is 0.687. The highest BCUT2D eigenvalue weighted by atomic mass is 32.2. The quantitative estimate of drug-likeness (QED) is 0.444. The zero-order chi connectivity index (χ0) is 12.0. The second-order valence-corrected chi connectivity index (χ2v) is 4.62. The van der Waals surface area contributed by atoms with Crippen LogP contribution in [0.3, 0.4) is 0 Å². The number of benzene rings is 1. The van der Waals surface area contributed by atoms with Gasteiger partial charge in [0, 0.05) is 11.3 Å². The minimum Gasteiger partial charge on any atom is -0.496 e. The lowest BCUT2D eigenvalue weighted by Crippen LogP contribution is -1.92. The van der Waals surface area contributed by atoms with Gasteiger partial charge in [-0.15, -0.1) is 11.8 Å². The molecule has 0 fully saturated rings. The number of methoxy groups -OCH3 is 1. The Labute approximate surface area is 101 Å². The van der Waals surface area contributed by atoms with E-state index in [2.05, 4.69) is 19.9 Å². The van der Waals surface area contributed by atoms with E-state index >= 15 is 0 Å². The van der Waals surface area contributed by atoms with Crippen LogP contribution in [0.5, 0.6) is 5.75 Å². The largest absolute Gasteiger partial charge is 0.496 e. The molecule has 3 heteroatoms. The maximum atomic E-state index is 10.9. The Morgan fingerprint density at radius 2 is 2.19 bits per heavy atom. The molecule has 0 aliphatic carbocycles. The molecule has 0 heterocycles. The van der Waals surface area contributed by atoms with Crippen LogP contribution in [0.15, 0.2) is 34.7 Å². The first-order chi connectivity index (χ1) is 7.69. The maximum absolute atomic E-state index is 10.9. The predicted molar refractivity (Wildman–Crippen MR) is 68.5 cm³/mol. The van der Waals surface area contributed by atoms with Crippen molar-refractivity contribution >= 4 is 18.0 Å². The monoisotopic (exact) mass is 236 g/mol. The molecule has 0 saturated heterocycles. The number of thioether (sulfide) groups is 1. The Balaban J connectivity index is 2.91. The van der Waals surface area contributed by atoms with E-state index in [1.165, 1.54) is 5.57 Å². The molecule has 0 amide bonds. The number of carbonyl (C=O) groups excluding carboxylic acids is 1. The fourth-order valence-corrected chi connectivity index (χ4v) is 2.39. The van der Waals surface area contributed by atoms with Gasteiger partial charge in [-0.25, -0.2) is 0 Å². The third-order valence-corrected chi connectivity index (χ3v) is 3.13. The fraction of sp³-hybridized carbons (Fsp3) is 0.308. The van der Waals surface area contributed by atoms with Gasteiger partial charge in [-0.2, -0.15) is 0 Å². The van der Waals surface area contributed by atoms with Gasteiger partial charge in [0.2, 0.25) is 0 Å². The fourth-order valence-electron chi connectivity index (χ4n) is 1.23. The predicted octanol–water partition coefficient (Wildman–Crippen LogP) is 3.57. The molecule has 1 rings (SSSR count). The maximum Gasteiger partial charge on any atom is 0.151 e. The number of allylic oxidation sites excluding steroid dienone is 1. The SMILES string of the molecule is COc1cccc(C=O)c1SCC=C(C)C. The van der Waals surface area contributed by atoms with Crippen molar-refractivity contribution < 1.29 is 9.53 Å². The summed E-state index contributed by atoms with van der Waals surface area (Å²) >= 11 is 1.62. The summed E-state index contributed by atoms with van der Waals surface area (Å²) in [7, 11) is 1.62. The average Bonchev–Trinajstić information content (AvgIpc) is 2.28. The molecule has 0 bridgehead atoms. The average molecular weight is 236 g/mol. The van der Waals surface area contributed by atoms with Crippen LogP contribution in [0.2, 0.25) is 0 Å². The highest BCUT2D eigenvalue weighted by Crippen LogP contribution is 2.32. The molecule has 0 N–H and O–H groups in total. The van der Waals surface area contributed by atoms with Crippen molar-refractivity contribution in [2.45, 2.75) is 18.7 Å². The number of aldehydes is 1. The molecule has 0 radical (unpaired) electrons. The molecule has 0 saturated carbocycles. The van der Waals surface area contributed by atoms with E-state index in [9.17, 15) is 4.79 Å². The van der Waals surface area contributed by atoms with Gasteiger partial charge in [0.05, 0.1) is 12.0 Å². The zero-order valence-corrected chi connectivity index (χ0v) is 10.6. The summed E-state index contributed by atoms with van der Waals surface area (Å²) < 4.78 is 5.24. The number of hydrogen-bond donors (Lipinski definition) is 0. The molecule has 86 valence electrons. The Kier molecular flexibility index (Phi) is 5.12. The van der Waals surface area contributed by atoms with Gasteiger partial charge in [-0.05, 0) is 19.9 Å². The lowest BCUT2D eigenvalue weighted by Gasteiger charge is -2.09. The summed E-state index contributed by atoms with van der Waals surface area (Å²) in [6.07, 6.45) is 3.00. The van der Waals surface area contributed by atoms with Gasteiger partial charge >= 0.3 is 0 Å². The summed E-state index contributed by atoms with van der Waals surface area (Å²) in [6, 6.07) is 5.51. The van der Waals surface area contributed by atoms with Crippen LogP contribution < -0.4 is 4.74 Å². The van der Waals surface area contributed by atoms with Gasteiger partial charge < -0.3 is 4.74 Å². The van der Waals surface area contributed by atoms with Gasteiger partial charge in [0.25, 0.3) is 0 Å².